The van der Waals surface area contributed by atoms with Gasteiger partial charge >= 0.3 is 0 Å². The van der Waals surface area contributed by atoms with Crippen LogP contribution in [0.4, 0.5) is 0 Å². The molecule has 0 spiro atoms. The summed E-state index contributed by atoms with van der Waals surface area (Å²) in [7, 11) is 0. The minimum atomic E-state index is 0.468. The lowest BCUT2D eigenvalue weighted by Gasteiger charge is -2.23. The summed E-state index contributed by atoms with van der Waals surface area (Å²) in [5, 5.41) is 0. The van der Waals surface area contributed by atoms with Gasteiger partial charge in [-0.1, -0.05) is 15.9 Å². The van der Waals surface area contributed by atoms with Crippen LogP contribution in [0, 0.1) is 6.92 Å². The third-order valence-electron chi connectivity index (χ3n) is 3.28. The average Bonchev–Trinajstić information content (AvgIpc) is 2.67. The molecular formula is C13H18Br2OS. The van der Waals surface area contributed by atoms with E-state index in [1.807, 2.05) is 11.3 Å². The molecule has 0 N–H and O–H groups in total. The first-order valence-corrected chi connectivity index (χ1v) is 8.71. The number of hydrogen-bond acceptors (Lipinski definition) is 2. The first kappa shape index (κ1) is 14.0. The first-order chi connectivity index (χ1) is 8.16. The second-order valence-electron chi connectivity index (χ2n) is 4.60. The number of alkyl halides is 1. The SMILES string of the molecule is Cc1sc(Br)cc1C(Br)CCC1CCCCO1. The second kappa shape index (κ2) is 6.69. The summed E-state index contributed by atoms with van der Waals surface area (Å²) in [6, 6.07) is 2.24. The summed E-state index contributed by atoms with van der Waals surface area (Å²) >= 11 is 9.17. The molecule has 0 amide bonds. The Morgan fingerprint density at radius 1 is 1.53 bits per heavy atom. The summed E-state index contributed by atoms with van der Waals surface area (Å²) in [5.41, 5.74) is 1.43. The Bertz CT molecular complexity index is 358. The van der Waals surface area contributed by atoms with Crippen molar-refractivity contribution in [2.75, 3.05) is 6.61 Å². The van der Waals surface area contributed by atoms with Crippen LogP contribution in [-0.2, 0) is 4.74 Å². The van der Waals surface area contributed by atoms with E-state index in [0.717, 1.165) is 13.0 Å². The van der Waals surface area contributed by atoms with E-state index < -0.39 is 0 Å². The van der Waals surface area contributed by atoms with Crippen LogP contribution < -0.4 is 0 Å². The molecule has 1 aromatic rings. The van der Waals surface area contributed by atoms with Crippen molar-refractivity contribution in [1.82, 2.24) is 0 Å². The van der Waals surface area contributed by atoms with Crippen LogP contribution in [0.25, 0.3) is 0 Å². The van der Waals surface area contributed by atoms with Crippen molar-refractivity contribution >= 4 is 43.2 Å². The van der Waals surface area contributed by atoms with E-state index in [2.05, 4.69) is 44.8 Å². The zero-order valence-electron chi connectivity index (χ0n) is 10.0. The molecule has 4 heteroatoms. The van der Waals surface area contributed by atoms with Gasteiger partial charge in [-0.15, -0.1) is 11.3 Å². The topological polar surface area (TPSA) is 9.23 Å². The van der Waals surface area contributed by atoms with Crippen molar-refractivity contribution in [3.8, 4) is 0 Å². The summed E-state index contributed by atoms with van der Waals surface area (Å²) in [4.78, 5) is 1.87. The minimum Gasteiger partial charge on any atom is -0.378 e. The fraction of sp³-hybridized carbons (Fsp3) is 0.692. The Balaban J connectivity index is 1.84. The van der Waals surface area contributed by atoms with Gasteiger partial charge in [-0.3, -0.25) is 0 Å². The molecule has 0 bridgehead atoms. The molecule has 2 atom stereocenters. The second-order valence-corrected chi connectivity index (χ2v) is 8.34. The molecule has 1 saturated heterocycles. The van der Waals surface area contributed by atoms with Crippen LogP contribution in [0.15, 0.2) is 9.85 Å². The molecule has 2 unspecified atom stereocenters. The van der Waals surface area contributed by atoms with Gasteiger partial charge in [0.25, 0.3) is 0 Å². The lowest BCUT2D eigenvalue weighted by atomic mass is 10.0. The maximum Gasteiger partial charge on any atom is 0.0704 e. The van der Waals surface area contributed by atoms with Gasteiger partial charge in [0, 0.05) is 16.3 Å². The molecule has 1 fully saturated rings. The summed E-state index contributed by atoms with van der Waals surface area (Å²) in [5.74, 6) is 0. The Morgan fingerprint density at radius 3 is 2.94 bits per heavy atom. The van der Waals surface area contributed by atoms with Crippen LogP contribution >= 0.6 is 43.2 Å². The Hall–Kier alpha value is 0.620. The summed E-state index contributed by atoms with van der Waals surface area (Å²) in [6.07, 6.45) is 6.64. The highest BCUT2D eigenvalue weighted by Crippen LogP contribution is 2.37. The van der Waals surface area contributed by atoms with E-state index >= 15 is 0 Å². The molecular weight excluding hydrogens is 364 g/mol. The predicted molar refractivity (Wildman–Crippen MR) is 81.2 cm³/mol. The quantitative estimate of drug-likeness (QED) is 0.616. The predicted octanol–water partition coefficient (Wildman–Crippen LogP) is 5.60. The summed E-state index contributed by atoms with van der Waals surface area (Å²) in [6.45, 7) is 3.15. The molecule has 1 aromatic heterocycles. The van der Waals surface area contributed by atoms with Gasteiger partial charge in [-0.05, 0) is 66.6 Å². The molecule has 2 heterocycles. The number of rotatable bonds is 4. The van der Waals surface area contributed by atoms with Crippen molar-refractivity contribution in [2.24, 2.45) is 0 Å². The average molecular weight is 382 g/mol. The molecule has 0 aromatic carbocycles. The maximum absolute atomic E-state index is 5.77. The zero-order chi connectivity index (χ0) is 12.3. The molecule has 1 aliphatic heterocycles. The first-order valence-electron chi connectivity index (χ1n) is 6.18. The Morgan fingerprint density at radius 2 is 2.35 bits per heavy atom. The monoisotopic (exact) mass is 380 g/mol. The van der Waals surface area contributed by atoms with Crippen LogP contribution in [0.2, 0.25) is 0 Å². The van der Waals surface area contributed by atoms with E-state index in [0.29, 0.717) is 10.9 Å². The molecule has 17 heavy (non-hydrogen) atoms. The lowest BCUT2D eigenvalue weighted by Crippen LogP contribution is -2.19. The maximum atomic E-state index is 5.77. The van der Waals surface area contributed by atoms with E-state index in [4.69, 9.17) is 4.74 Å². The minimum absolute atomic E-state index is 0.468. The number of thiophene rings is 1. The van der Waals surface area contributed by atoms with Crippen molar-refractivity contribution in [3.05, 3.63) is 20.3 Å². The highest BCUT2D eigenvalue weighted by atomic mass is 79.9. The van der Waals surface area contributed by atoms with Gasteiger partial charge in [-0.25, -0.2) is 0 Å². The highest BCUT2D eigenvalue weighted by molar-refractivity contribution is 9.11. The Labute approximate surface area is 124 Å². The molecule has 1 nitrogen and oxygen atoms in total. The molecule has 0 radical (unpaired) electrons. The van der Waals surface area contributed by atoms with Crippen LogP contribution in [-0.4, -0.2) is 12.7 Å². The smallest absolute Gasteiger partial charge is 0.0704 e. The van der Waals surface area contributed by atoms with Crippen molar-refractivity contribution in [2.45, 2.75) is 50.0 Å². The van der Waals surface area contributed by atoms with Crippen molar-refractivity contribution < 1.29 is 4.74 Å². The molecule has 1 aliphatic rings. The largest absolute Gasteiger partial charge is 0.378 e. The van der Waals surface area contributed by atoms with Gasteiger partial charge in [0.15, 0.2) is 0 Å². The van der Waals surface area contributed by atoms with Crippen LogP contribution in [0.3, 0.4) is 0 Å². The normalized spacial score (nSPS) is 22.6. The van der Waals surface area contributed by atoms with Gasteiger partial charge in [0.05, 0.1) is 9.89 Å². The van der Waals surface area contributed by atoms with Gasteiger partial charge in [0.1, 0.15) is 0 Å². The fourth-order valence-electron chi connectivity index (χ4n) is 2.29. The van der Waals surface area contributed by atoms with Crippen LogP contribution in [0.5, 0.6) is 0 Å². The van der Waals surface area contributed by atoms with Gasteiger partial charge in [0.2, 0.25) is 0 Å². The van der Waals surface area contributed by atoms with E-state index in [-0.39, 0.29) is 0 Å². The molecule has 2 rings (SSSR count). The standard InChI is InChI=1S/C13H18Br2OS/c1-9-11(8-13(15)17-9)12(14)6-5-10-4-2-3-7-16-10/h8,10,12H,2-7H2,1H3. The Kier molecular flexibility index (Phi) is 5.52. The number of hydrogen-bond donors (Lipinski definition) is 0. The third kappa shape index (κ3) is 4.05. The van der Waals surface area contributed by atoms with E-state index in [1.165, 1.54) is 39.9 Å². The fourth-order valence-corrected chi connectivity index (χ4v) is 4.96. The van der Waals surface area contributed by atoms with Crippen molar-refractivity contribution in [3.63, 3.8) is 0 Å². The molecule has 0 aliphatic carbocycles. The van der Waals surface area contributed by atoms with E-state index in [1.54, 1.807) is 0 Å². The van der Waals surface area contributed by atoms with E-state index in [9.17, 15) is 0 Å². The van der Waals surface area contributed by atoms with Gasteiger partial charge < -0.3 is 4.74 Å². The number of halogens is 2. The molecule has 0 saturated carbocycles. The number of ether oxygens (including phenoxy) is 1. The van der Waals surface area contributed by atoms with Gasteiger partial charge in [-0.2, -0.15) is 0 Å². The third-order valence-corrected chi connectivity index (χ3v) is 5.80. The number of aryl methyl sites for hydroxylation is 1. The van der Waals surface area contributed by atoms with Crippen LogP contribution in [0.1, 0.15) is 47.4 Å². The zero-order valence-corrected chi connectivity index (χ0v) is 14.0. The highest BCUT2D eigenvalue weighted by Gasteiger charge is 2.18. The molecule has 96 valence electrons. The summed E-state index contributed by atoms with van der Waals surface area (Å²) < 4.78 is 7.00. The lowest BCUT2D eigenvalue weighted by molar-refractivity contribution is 0.0102. The van der Waals surface area contributed by atoms with Crippen molar-refractivity contribution in [1.29, 1.82) is 0 Å².